The predicted octanol–water partition coefficient (Wildman–Crippen LogP) is -1.86. The summed E-state index contributed by atoms with van der Waals surface area (Å²) in [4.78, 5) is 12.5. The minimum absolute atomic E-state index is 0.0327. The molecule has 0 aromatic heterocycles. The van der Waals surface area contributed by atoms with Gasteiger partial charge < -0.3 is 109 Å². The third-order valence-corrected chi connectivity index (χ3v) is 21.4. The average Bonchev–Trinajstić information content (AvgIpc) is 3.51. The molecule has 0 aromatic carbocycles. The normalized spacial score (nSPS) is 56.6. The van der Waals surface area contributed by atoms with Crippen molar-refractivity contribution in [1.82, 2.24) is 0 Å². The number of fused-ring (bicyclic) bond motifs is 7. The number of ether oxygens (including phenoxy) is 8. The number of rotatable bonds is 12. The summed E-state index contributed by atoms with van der Waals surface area (Å²) in [6, 6.07) is 0. The van der Waals surface area contributed by atoms with E-state index in [0.717, 1.165) is 25.7 Å². The lowest BCUT2D eigenvalue weighted by molar-refractivity contribution is -0.387. The molecule has 0 aromatic rings. The van der Waals surface area contributed by atoms with Crippen LogP contribution in [0.3, 0.4) is 0 Å². The van der Waals surface area contributed by atoms with Gasteiger partial charge in [0.05, 0.1) is 44.7 Å². The van der Waals surface area contributed by atoms with Crippen molar-refractivity contribution in [3.05, 3.63) is 11.6 Å². The van der Waals surface area contributed by atoms with Gasteiger partial charge in [0.2, 0.25) is 0 Å². The van der Waals surface area contributed by atoms with Gasteiger partial charge in [0.15, 0.2) is 31.3 Å². The third kappa shape index (κ3) is 9.46. The highest BCUT2D eigenvalue weighted by Gasteiger charge is 2.70. The van der Waals surface area contributed by atoms with E-state index in [2.05, 4.69) is 33.8 Å². The second kappa shape index (κ2) is 21.3. The molecule has 76 heavy (non-hydrogen) atoms. The fourth-order valence-corrected chi connectivity index (χ4v) is 16.3. The summed E-state index contributed by atoms with van der Waals surface area (Å²) in [7, 11) is 0. The number of aliphatic hydroxyl groups excluding tert-OH is 13. The van der Waals surface area contributed by atoms with Gasteiger partial charge in [-0.25, -0.2) is 4.79 Å². The van der Waals surface area contributed by atoms with Gasteiger partial charge in [-0.1, -0.05) is 53.2 Å². The molecule has 9 aliphatic rings. The number of hydrogen-bond donors (Lipinski definition) is 14. The van der Waals surface area contributed by atoms with Crippen molar-refractivity contribution in [3.8, 4) is 0 Å². The van der Waals surface area contributed by atoms with Crippen LogP contribution < -0.4 is 0 Å². The molecule has 4 heterocycles. The van der Waals surface area contributed by atoms with Crippen molar-refractivity contribution in [2.45, 2.75) is 235 Å². The van der Waals surface area contributed by atoms with Crippen LogP contribution in [0.15, 0.2) is 11.6 Å². The molecule has 1 unspecified atom stereocenters. The molecule has 0 radical (unpaired) electrons. The minimum atomic E-state index is -2.06. The van der Waals surface area contributed by atoms with Crippen LogP contribution in [-0.4, -0.2) is 233 Å². The highest BCUT2D eigenvalue weighted by atomic mass is 16.8. The van der Waals surface area contributed by atoms with E-state index in [1.807, 2.05) is 13.8 Å². The number of carboxylic acid groups (broad SMARTS) is 1. The zero-order valence-corrected chi connectivity index (χ0v) is 44.6. The lowest BCUT2D eigenvalue weighted by Crippen LogP contribution is -2.68. The van der Waals surface area contributed by atoms with Crippen LogP contribution in [0.1, 0.15) is 106 Å². The molecule has 0 spiro atoms. The van der Waals surface area contributed by atoms with E-state index in [-0.39, 0.29) is 47.2 Å². The first-order chi connectivity index (χ1) is 35.5. The summed E-state index contributed by atoms with van der Waals surface area (Å²) in [5.41, 5.74) is -1.62. The van der Waals surface area contributed by atoms with Gasteiger partial charge in [-0.2, -0.15) is 0 Å². The second-order valence-corrected chi connectivity index (χ2v) is 25.8. The lowest BCUT2D eigenvalue weighted by atomic mass is 9.33. The molecule has 8 fully saturated rings. The van der Waals surface area contributed by atoms with Crippen molar-refractivity contribution in [1.29, 1.82) is 0 Å². The topological polar surface area (TPSA) is 374 Å². The summed E-state index contributed by atoms with van der Waals surface area (Å²) >= 11 is 0. The van der Waals surface area contributed by atoms with E-state index in [4.69, 9.17) is 37.9 Å². The average molecular weight is 1090 g/mol. The summed E-state index contributed by atoms with van der Waals surface area (Å²) in [6.07, 6.45) is -24.4. The SMILES string of the molecule is C[C@@H]1O[C@@H](O[C@H]2[C@H](O[C@H]3[C@H](O[C@H]4CC[C@@]5(C)C(CC[C@]6(C)[C@@H]5CC=C5[C@@H]7C[C@@](C)(CO[C@@H]8O[C@H](CO)[C@@H](O)[C@H](O)[C@H]8O)C[C@@H](O)[C@]7(C)CC[C@]56C)[C@@]4(C)CO)O[C@H](C(=O)O)[C@@H](O)[C@@H]3O)OC[C@@H](O)[C@@H]2O)[C@H](O)[C@H](O)[C@H]1O. The molecule has 14 N–H and O–H groups in total. The van der Waals surface area contributed by atoms with Crippen molar-refractivity contribution >= 4 is 5.97 Å². The lowest BCUT2D eigenvalue weighted by Gasteiger charge is -2.72. The first-order valence-corrected chi connectivity index (χ1v) is 27.3. The van der Waals surface area contributed by atoms with Crippen LogP contribution in [0.2, 0.25) is 0 Å². The molecule has 0 amide bonds. The number of carbonyl (C=O) groups is 1. The Morgan fingerprint density at radius 3 is 1.97 bits per heavy atom. The maximum absolute atomic E-state index is 12.5. The van der Waals surface area contributed by atoms with Gasteiger partial charge in [-0.15, -0.1) is 0 Å². The Morgan fingerprint density at radius 1 is 0.645 bits per heavy atom. The highest BCUT2D eigenvalue weighted by Crippen LogP contribution is 2.76. The van der Waals surface area contributed by atoms with E-state index in [0.29, 0.717) is 32.1 Å². The highest BCUT2D eigenvalue weighted by molar-refractivity contribution is 5.73. The number of aliphatic carboxylic acids is 1. The summed E-state index contributed by atoms with van der Waals surface area (Å²) < 4.78 is 48.0. The zero-order valence-electron chi connectivity index (χ0n) is 44.6. The predicted molar refractivity (Wildman–Crippen MR) is 259 cm³/mol. The number of allylic oxidation sites excluding steroid dienone is 2. The Bertz CT molecular complexity index is 2100. The molecule has 9 rings (SSSR count). The molecule has 5 aliphatic carbocycles. The maximum atomic E-state index is 12.5. The monoisotopic (exact) mass is 1090 g/mol. The molecule has 4 saturated heterocycles. The van der Waals surface area contributed by atoms with Crippen molar-refractivity contribution in [3.63, 3.8) is 0 Å². The Kier molecular flexibility index (Phi) is 16.5. The summed E-state index contributed by atoms with van der Waals surface area (Å²) in [5.74, 6) is -1.67. The van der Waals surface area contributed by atoms with Gasteiger partial charge in [0, 0.05) is 10.8 Å². The summed E-state index contributed by atoms with van der Waals surface area (Å²) in [6.45, 7) is 13.2. The fraction of sp³-hybridized carbons (Fsp3) is 0.943. The van der Waals surface area contributed by atoms with Gasteiger partial charge in [0.1, 0.15) is 79.4 Å². The maximum Gasteiger partial charge on any atom is 0.335 e. The number of carboxylic acids is 1. The zero-order chi connectivity index (χ0) is 55.6. The Balaban J connectivity index is 0.952. The minimum Gasteiger partial charge on any atom is -0.479 e. The van der Waals surface area contributed by atoms with Crippen LogP contribution in [0.25, 0.3) is 0 Å². The van der Waals surface area contributed by atoms with Crippen LogP contribution in [0, 0.1) is 50.2 Å². The van der Waals surface area contributed by atoms with Gasteiger partial charge in [-0.3, -0.25) is 0 Å². The molecule has 30 atom stereocenters. The van der Waals surface area contributed by atoms with Crippen LogP contribution in [-0.2, 0) is 42.7 Å². The second-order valence-electron chi connectivity index (χ2n) is 25.8. The molecule has 4 aliphatic heterocycles. The Hall–Kier alpha value is -1.63. The molecular weight excluding hydrogens is 1000 g/mol. The summed E-state index contributed by atoms with van der Waals surface area (Å²) in [5, 5.41) is 151. The molecule has 436 valence electrons. The smallest absolute Gasteiger partial charge is 0.335 e. The Morgan fingerprint density at radius 2 is 1.30 bits per heavy atom. The third-order valence-electron chi connectivity index (χ3n) is 21.4. The first kappa shape index (κ1) is 59.0. The fourth-order valence-electron chi connectivity index (χ4n) is 16.3. The van der Waals surface area contributed by atoms with Gasteiger partial charge in [0.25, 0.3) is 0 Å². The van der Waals surface area contributed by atoms with Crippen molar-refractivity contribution < 1.29 is 114 Å². The molecule has 4 saturated carbocycles. The van der Waals surface area contributed by atoms with Crippen molar-refractivity contribution in [2.75, 3.05) is 26.4 Å². The van der Waals surface area contributed by atoms with Crippen LogP contribution >= 0.6 is 0 Å². The quantitative estimate of drug-likeness (QED) is 0.0753. The molecule has 23 nitrogen and oxygen atoms in total. The van der Waals surface area contributed by atoms with E-state index in [1.165, 1.54) is 12.5 Å². The van der Waals surface area contributed by atoms with E-state index in [1.54, 1.807) is 0 Å². The van der Waals surface area contributed by atoms with Gasteiger partial charge in [-0.05, 0) is 104 Å². The molecule has 0 bridgehead atoms. The van der Waals surface area contributed by atoms with Crippen LogP contribution in [0.4, 0.5) is 0 Å². The number of hydrogen-bond acceptors (Lipinski definition) is 22. The molecule has 23 heteroatoms. The number of aliphatic hydroxyl groups is 13. The standard InChI is InChI=1S/C53H86O23/c1-22-31(58)34(61)39(66)45(71-22)75-41-32(59)25(56)19-69-46(41)76-42-37(64)36(63)40(43(67)68)74-47(42)73-30-11-12-50(4)27(51(30,5)20-55)10-13-53(7)28(50)9-8-23-24-16-48(2,17-29(57)49(24,3)14-15-52(23,53)6)21-70-44-38(65)35(62)33(60)26(18-54)72-44/h8,22,24-42,44-47,54-66H,9-21H2,1-7H3,(H,67,68)/t22-,24-,25+,26+,27?,28+,29+,30-,31-,32-,33+,34+,35-,36-,37-,38+,39+,40-,41+,42+,44+,45-,46-,47+,48+,49+,50-,51+,52+,53+/m0/s1. The van der Waals surface area contributed by atoms with Crippen LogP contribution in [0.5, 0.6) is 0 Å². The van der Waals surface area contributed by atoms with Gasteiger partial charge >= 0.3 is 5.97 Å². The van der Waals surface area contributed by atoms with E-state index in [9.17, 15) is 76.3 Å². The Labute approximate surface area is 442 Å². The van der Waals surface area contributed by atoms with E-state index >= 15 is 0 Å². The first-order valence-electron chi connectivity index (χ1n) is 27.3. The van der Waals surface area contributed by atoms with Crippen molar-refractivity contribution in [2.24, 2.45) is 50.2 Å². The van der Waals surface area contributed by atoms with E-state index < -0.39 is 164 Å². The largest absolute Gasteiger partial charge is 0.479 e. The molecular formula is C53H86O23.